The molecule has 23 heavy (non-hydrogen) atoms. The highest BCUT2D eigenvalue weighted by Crippen LogP contribution is 2.38. The Morgan fingerprint density at radius 1 is 1.22 bits per heavy atom. The summed E-state index contributed by atoms with van der Waals surface area (Å²) in [4.78, 5) is 16.8. The van der Waals surface area contributed by atoms with Crippen LogP contribution in [0, 0.1) is 0 Å². The molecule has 1 N–H and O–H groups in total. The van der Waals surface area contributed by atoms with E-state index in [-0.39, 0.29) is 12.1 Å². The summed E-state index contributed by atoms with van der Waals surface area (Å²) >= 11 is 0. The van der Waals surface area contributed by atoms with Gasteiger partial charge in [0.05, 0.1) is 6.04 Å². The Balaban J connectivity index is 1.50. The van der Waals surface area contributed by atoms with Crippen molar-refractivity contribution < 1.29 is 9.53 Å². The van der Waals surface area contributed by atoms with Gasteiger partial charge in [0, 0.05) is 37.9 Å². The topological polar surface area (TPSA) is 44.8 Å². The molecule has 0 aromatic heterocycles. The van der Waals surface area contributed by atoms with Crippen molar-refractivity contribution in [2.45, 2.75) is 58.0 Å². The molecule has 3 heterocycles. The van der Waals surface area contributed by atoms with Gasteiger partial charge in [0.2, 0.25) is 0 Å². The van der Waals surface area contributed by atoms with Gasteiger partial charge < -0.3 is 19.9 Å². The van der Waals surface area contributed by atoms with Gasteiger partial charge in [-0.2, -0.15) is 0 Å². The average molecular weight is 315 g/mol. The van der Waals surface area contributed by atoms with Gasteiger partial charge in [0.1, 0.15) is 5.60 Å². The summed E-state index contributed by atoms with van der Waals surface area (Å²) in [6.45, 7) is 9.38. The van der Waals surface area contributed by atoms with Crippen molar-refractivity contribution in [2.24, 2.45) is 0 Å². The Kier molecular flexibility index (Phi) is 3.30. The molecule has 2 bridgehead atoms. The van der Waals surface area contributed by atoms with E-state index in [1.807, 2.05) is 25.7 Å². The van der Waals surface area contributed by atoms with Crippen LogP contribution in [0.5, 0.6) is 0 Å². The largest absolute Gasteiger partial charge is 0.444 e. The van der Waals surface area contributed by atoms with Gasteiger partial charge in [-0.25, -0.2) is 4.79 Å². The second kappa shape index (κ2) is 5.13. The number of nitrogens with zero attached hydrogens (tertiary/aromatic N) is 2. The molecular formula is C18H25N3O2. The van der Waals surface area contributed by atoms with Crippen LogP contribution in [0.25, 0.3) is 0 Å². The lowest BCUT2D eigenvalue weighted by molar-refractivity contribution is 0.0214. The van der Waals surface area contributed by atoms with E-state index in [1.165, 1.54) is 16.8 Å². The number of amides is 1. The quantitative estimate of drug-likeness (QED) is 0.865. The van der Waals surface area contributed by atoms with E-state index < -0.39 is 5.60 Å². The predicted octanol–water partition coefficient (Wildman–Crippen LogP) is 2.49. The molecule has 3 aliphatic heterocycles. The number of ether oxygens (including phenoxy) is 1. The Morgan fingerprint density at radius 3 is 2.74 bits per heavy atom. The van der Waals surface area contributed by atoms with E-state index in [0.717, 1.165) is 32.6 Å². The fraction of sp³-hybridized carbons (Fsp3) is 0.611. The van der Waals surface area contributed by atoms with Crippen LogP contribution in [-0.4, -0.2) is 41.8 Å². The maximum Gasteiger partial charge on any atom is 0.410 e. The maximum atomic E-state index is 12.4. The van der Waals surface area contributed by atoms with Crippen molar-refractivity contribution in [3.63, 3.8) is 0 Å². The molecule has 1 aromatic carbocycles. The number of rotatable bonds is 1. The van der Waals surface area contributed by atoms with Gasteiger partial charge in [-0.05, 0) is 44.4 Å². The van der Waals surface area contributed by atoms with E-state index in [2.05, 4.69) is 28.4 Å². The second-order valence-electron chi connectivity index (χ2n) is 7.85. The highest BCUT2D eigenvalue weighted by atomic mass is 16.6. The van der Waals surface area contributed by atoms with Crippen molar-refractivity contribution in [3.05, 3.63) is 29.3 Å². The highest BCUT2D eigenvalue weighted by molar-refractivity contribution is 5.71. The van der Waals surface area contributed by atoms with Gasteiger partial charge in [0.25, 0.3) is 0 Å². The molecule has 1 aromatic rings. The highest BCUT2D eigenvalue weighted by Gasteiger charge is 2.47. The van der Waals surface area contributed by atoms with Crippen LogP contribution in [0.4, 0.5) is 10.5 Å². The zero-order valence-electron chi connectivity index (χ0n) is 14.1. The first-order valence-corrected chi connectivity index (χ1v) is 8.50. The van der Waals surface area contributed by atoms with Crippen molar-refractivity contribution in [2.75, 3.05) is 18.0 Å². The minimum atomic E-state index is -0.426. The first kappa shape index (κ1) is 14.8. The summed E-state index contributed by atoms with van der Waals surface area (Å²) < 4.78 is 5.55. The number of hydrogen-bond acceptors (Lipinski definition) is 4. The van der Waals surface area contributed by atoms with Gasteiger partial charge in [-0.1, -0.05) is 12.1 Å². The molecule has 0 saturated carbocycles. The number of hydrogen-bond donors (Lipinski definition) is 1. The van der Waals surface area contributed by atoms with Crippen molar-refractivity contribution in [1.29, 1.82) is 0 Å². The minimum Gasteiger partial charge on any atom is -0.444 e. The molecule has 5 heteroatoms. The summed E-state index contributed by atoms with van der Waals surface area (Å²) in [5.74, 6) is 0. The van der Waals surface area contributed by atoms with Gasteiger partial charge in [0.15, 0.2) is 0 Å². The fourth-order valence-electron chi connectivity index (χ4n) is 4.09. The molecule has 2 fully saturated rings. The second-order valence-corrected chi connectivity index (χ2v) is 7.85. The lowest BCUT2D eigenvalue weighted by atomic mass is 10.1. The lowest BCUT2D eigenvalue weighted by Gasteiger charge is -2.37. The Bertz CT molecular complexity index is 638. The van der Waals surface area contributed by atoms with Crippen molar-refractivity contribution >= 4 is 11.8 Å². The summed E-state index contributed by atoms with van der Waals surface area (Å²) in [6, 6.07) is 7.28. The number of benzene rings is 1. The van der Waals surface area contributed by atoms with Gasteiger partial charge in [-0.15, -0.1) is 0 Å². The van der Waals surface area contributed by atoms with E-state index in [0.29, 0.717) is 6.04 Å². The maximum absolute atomic E-state index is 12.4. The van der Waals surface area contributed by atoms with E-state index in [1.54, 1.807) is 0 Å². The zero-order chi connectivity index (χ0) is 16.2. The molecular weight excluding hydrogens is 290 g/mol. The number of carbonyl (C=O) groups is 1. The number of nitrogens with one attached hydrogen (secondary N) is 1. The number of fused-ring (bicyclic) bond motifs is 3. The smallest absolute Gasteiger partial charge is 0.410 e. The molecule has 0 radical (unpaired) electrons. The Morgan fingerprint density at radius 2 is 2.04 bits per heavy atom. The third kappa shape index (κ3) is 2.57. The number of carbonyl (C=O) groups excluding carboxylic acids is 1. The molecule has 0 spiro atoms. The number of piperazine rings is 1. The third-order valence-corrected chi connectivity index (χ3v) is 5.04. The summed E-state index contributed by atoms with van der Waals surface area (Å²) in [5.41, 5.74) is 3.77. The molecule has 5 nitrogen and oxygen atoms in total. The average Bonchev–Trinajstić information content (AvgIpc) is 3.18. The van der Waals surface area contributed by atoms with Crippen LogP contribution in [0.3, 0.4) is 0 Å². The summed E-state index contributed by atoms with van der Waals surface area (Å²) in [6.07, 6.45) is 0.890. The van der Waals surface area contributed by atoms with Crippen LogP contribution in [-0.2, 0) is 17.8 Å². The Hall–Kier alpha value is -1.75. The van der Waals surface area contributed by atoms with Crippen LogP contribution < -0.4 is 10.2 Å². The van der Waals surface area contributed by atoms with Crippen molar-refractivity contribution in [1.82, 2.24) is 10.2 Å². The number of likely N-dealkylation sites (tertiary alicyclic amines) is 1. The normalized spacial score (nSPS) is 25.9. The van der Waals surface area contributed by atoms with Crippen LogP contribution >= 0.6 is 0 Å². The molecule has 0 aliphatic carbocycles. The molecule has 4 rings (SSSR count). The molecule has 2 atom stereocenters. The van der Waals surface area contributed by atoms with Gasteiger partial charge >= 0.3 is 6.09 Å². The van der Waals surface area contributed by atoms with E-state index >= 15 is 0 Å². The first-order valence-electron chi connectivity index (χ1n) is 8.50. The lowest BCUT2D eigenvalue weighted by Crippen LogP contribution is -2.50. The van der Waals surface area contributed by atoms with Crippen LogP contribution in [0.2, 0.25) is 0 Å². The monoisotopic (exact) mass is 315 g/mol. The van der Waals surface area contributed by atoms with E-state index in [9.17, 15) is 4.79 Å². The van der Waals surface area contributed by atoms with Crippen molar-refractivity contribution in [3.8, 4) is 0 Å². The predicted molar refractivity (Wildman–Crippen MR) is 89.5 cm³/mol. The molecule has 1 amide bonds. The molecule has 2 saturated heterocycles. The zero-order valence-corrected chi connectivity index (χ0v) is 14.1. The molecule has 3 aliphatic rings. The van der Waals surface area contributed by atoms with Crippen LogP contribution in [0.1, 0.15) is 38.3 Å². The fourth-order valence-corrected chi connectivity index (χ4v) is 4.09. The SMILES string of the molecule is CC(C)(C)OC(=O)N1CC2CC1CN2c1cccc2c1CNC2. The Labute approximate surface area is 137 Å². The summed E-state index contributed by atoms with van der Waals surface area (Å²) in [7, 11) is 0. The standard InChI is InChI=1S/C18H25N3O2/c1-18(2,3)23-17(22)21-11-13-7-14(21)10-20(13)16-6-4-5-12-8-19-9-15(12)16/h4-6,13-14,19H,7-11H2,1-3H3. The summed E-state index contributed by atoms with van der Waals surface area (Å²) in [5, 5.41) is 3.44. The van der Waals surface area contributed by atoms with Gasteiger partial charge in [-0.3, -0.25) is 0 Å². The van der Waals surface area contributed by atoms with E-state index in [4.69, 9.17) is 4.74 Å². The minimum absolute atomic E-state index is 0.162. The van der Waals surface area contributed by atoms with Crippen LogP contribution in [0.15, 0.2) is 18.2 Å². The molecule has 2 unspecified atom stereocenters. The first-order chi connectivity index (χ1) is 10.9. The third-order valence-electron chi connectivity index (χ3n) is 5.04. The molecule has 124 valence electrons. The number of anilines is 1.